The van der Waals surface area contributed by atoms with Gasteiger partial charge in [-0.15, -0.1) is 0 Å². The summed E-state index contributed by atoms with van der Waals surface area (Å²) in [6.45, 7) is 1.93. The van der Waals surface area contributed by atoms with Gasteiger partial charge >= 0.3 is 5.97 Å². The number of aromatic carboxylic acids is 1. The molecule has 0 spiro atoms. The fourth-order valence-corrected chi connectivity index (χ4v) is 7.30. The van der Waals surface area contributed by atoms with Crippen molar-refractivity contribution in [2.75, 3.05) is 13.7 Å². The number of fused-ring (bicyclic) bond motifs is 1. The highest BCUT2D eigenvalue weighted by atomic mass is 16.5. The minimum atomic E-state index is -0.888. The summed E-state index contributed by atoms with van der Waals surface area (Å²) in [6.07, 6.45) is 8.25. The van der Waals surface area contributed by atoms with Crippen LogP contribution in [0.1, 0.15) is 61.4 Å². The van der Waals surface area contributed by atoms with Gasteiger partial charge in [0, 0.05) is 12.2 Å². The van der Waals surface area contributed by atoms with Crippen molar-refractivity contribution in [1.29, 1.82) is 0 Å². The third kappa shape index (κ3) is 4.09. The molecule has 0 aromatic heterocycles. The van der Waals surface area contributed by atoms with E-state index in [-0.39, 0.29) is 12.0 Å². The van der Waals surface area contributed by atoms with Crippen molar-refractivity contribution in [3.63, 3.8) is 0 Å². The van der Waals surface area contributed by atoms with Crippen LogP contribution in [-0.2, 0) is 5.41 Å². The van der Waals surface area contributed by atoms with Gasteiger partial charge in [-0.25, -0.2) is 4.79 Å². The largest absolute Gasteiger partial charge is 0.496 e. The second-order valence-electron chi connectivity index (χ2n) is 10.5. The lowest BCUT2D eigenvalue weighted by Crippen LogP contribution is -2.48. The second kappa shape index (κ2) is 9.07. The van der Waals surface area contributed by atoms with Gasteiger partial charge in [0.2, 0.25) is 0 Å². The molecule has 0 saturated heterocycles. The number of rotatable bonds is 4. The maximum absolute atomic E-state index is 11.3. The Morgan fingerprint density at radius 3 is 2.00 bits per heavy atom. The monoisotopic (exact) mass is 458 g/mol. The SMILES string of the molecule is CCO.COc1ccc(-c2ccc3cc(C(=O)O)ccc3c2)cc1C12CC3CC(CC(C3)C1)C2. The first-order valence-corrected chi connectivity index (χ1v) is 12.5. The lowest BCUT2D eigenvalue weighted by Gasteiger charge is -2.57. The maximum atomic E-state index is 11.3. The average molecular weight is 459 g/mol. The number of carboxylic acids is 1. The maximum Gasteiger partial charge on any atom is 0.335 e. The summed E-state index contributed by atoms with van der Waals surface area (Å²) >= 11 is 0. The Morgan fingerprint density at radius 1 is 0.882 bits per heavy atom. The highest BCUT2D eigenvalue weighted by Crippen LogP contribution is 2.62. The Labute approximate surface area is 201 Å². The van der Waals surface area contributed by atoms with Crippen LogP contribution in [0.2, 0.25) is 0 Å². The molecule has 0 unspecified atom stereocenters. The van der Waals surface area contributed by atoms with Crippen LogP contribution < -0.4 is 4.74 Å². The number of aliphatic hydroxyl groups excluding tert-OH is 1. The Morgan fingerprint density at radius 2 is 1.41 bits per heavy atom. The average Bonchev–Trinajstić information content (AvgIpc) is 2.82. The molecule has 4 fully saturated rings. The molecule has 3 aromatic carbocycles. The molecule has 0 atom stereocenters. The van der Waals surface area contributed by atoms with E-state index in [4.69, 9.17) is 9.84 Å². The van der Waals surface area contributed by atoms with Crippen LogP contribution in [0.3, 0.4) is 0 Å². The van der Waals surface area contributed by atoms with E-state index < -0.39 is 5.97 Å². The number of benzene rings is 3. The predicted molar refractivity (Wildman–Crippen MR) is 136 cm³/mol. The van der Waals surface area contributed by atoms with Crippen LogP contribution in [-0.4, -0.2) is 29.9 Å². The number of ether oxygens (including phenoxy) is 1. The van der Waals surface area contributed by atoms with Crippen LogP contribution >= 0.6 is 0 Å². The minimum Gasteiger partial charge on any atom is -0.496 e. The normalized spacial score (nSPS) is 26.7. The van der Waals surface area contributed by atoms with Crippen LogP contribution in [0.4, 0.5) is 0 Å². The van der Waals surface area contributed by atoms with Crippen LogP contribution in [0.25, 0.3) is 21.9 Å². The van der Waals surface area contributed by atoms with Gasteiger partial charge in [0.05, 0.1) is 12.7 Å². The molecule has 34 heavy (non-hydrogen) atoms. The van der Waals surface area contributed by atoms with Crippen molar-refractivity contribution in [3.05, 3.63) is 65.7 Å². The van der Waals surface area contributed by atoms with Gasteiger partial charge in [-0.1, -0.05) is 24.3 Å². The molecule has 4 nitrogen and oxygen atoms in total. The number of hydrogen-bond donors (Lipinski definition) is 2. The summed E-state index contributed by atoms with van der Waals surface area (Å²) in [7, 11) is 1.80. The van der Waals surface area contributed by atoms with E-state index in [1.54, 1.807) is 26.2 Å². The van der Waals surface area contributed by atoms with Crippen LogP contribution in [0.5, 0.6) is 5.75 Å². The van der Waals surface area contributed by atoms with E-state index in [0.29, 0.717) is 5.56 Å². The van der Waals surface area contributed by atoms with Gasteiger partial charge in [-0.2, -0.15) is 0 Å². The zero-order valence-electron chi connectivity index (χ0n) is 20.1. The first kappa shape index (κ1) is 22.9. The number of carbonyl (C=O) groups is 1. The van der Waals surface area contributed by atoms with Gasteiger partial charge in [0.15, 0.2) is 0 Å². The molecule has 0 heterocycles. The van der Waals surface area contributed by atoms with Crippen molar-refractivity contribution in [2.45, 2.75) is 50.9 Å². The number of hydrogen-bond acceptors (Lipinski definition) is 3. The molecule has 4 heteroatoms. The first-order valence-electron chi connectivity index (χ1n) is 12.5. The first-order chi connectivity index (χ1) is 16.4. The van der Waals surface area contributed by atoms with Gasteiger partial charge in [0.25, 0.3) is 0 Å². The Hall–Kier alpha value is -2.85. The van der Waals surface area contributed by atoms with Crippen molar-refractivity contribution in [1.82, 2.24) is 0 Å². The topological polar surface area (TPSA) is 66.8 Å². The molecule has 0 amide bonds. The van der Waals surface area contributed by atoms with E-state index >= 15 is 0 Å². The Kier molecular flexibility index (Phi) is 6.11. The number of carboxylic acid groups (broad SMARTS) is 1. The van der Waals surface area contributed by atoms with Crippen molar-refractivity contribution < 1.29 is 19.7 Å². The quantitative estimate of drug-likeness (QED) is 0.458. The molecule has 4 bridgehead atoms. The van der Waals surface area contributed by atoms with E-state index in [1.807, 2.05) is 12.1 Å². The summed E-state index contributed by atoms with van der Waals surface area (Å²) in [4.78, 5) is 11.3. The molecular formula is C30H34O4. The van der Waals surface area contributed by atoms with Gasteiger partial charge < -0.3 is 14.9 Å². The van der Waals surface area contributed by atoms with Gasteiger partial charge in [0.1, 0.15) is 5.75 Å². The Balaban J connectivity index is 0.000000764. The standard InChI is InChI=1S/C28H28O3.C2H6O/c1-31-26-7-6-23(21-2-3-22-12-24(27(29)30)5-4-20(22)11-21)13-25(26)28-14-17-8-18(15-28)10-19(9-17)16-28;1-2-3/h2-7,11-13,17-19H,8-10,14-16H2,1H3,(H,29,30);3H,2H2,1H3. The molecule has 4 aliphatic carbocycles. The third-order valence-corrected chi connectivity index (χ3v) is 8.23. The smallest absolute Gasteiger partial charge is 0.335 e. The molecule has 2 N–H and O–H groups in total. The highest BCUT2D eigenvalue weighted by Gasteiger charge is 2.52. The summed E-state index contributed by atoms with van der Waals surface area (Å²) in [5, 5.41) is 18.9. The van der Waals surface area contributed by atoms with Crippen molar-refractivity contribution >= 4 is 16.7 Å². The molecule has 0 aliphatic heterocycles. The summed E-state index contributed by atoms with van der Waals surface area (Å²) < 4.78 is 5.88. The van der Waals surface area contributed by atoms with E-state index in [2.05, 4.69) is 30.3 Å². The summed E-state index contributed by atoms with van der Waals surface area (Å²) in [5.74, 6) is 2.83. The summed E-state index contributed by atoms with van der Waals surface area (Å²) in [6, 6.07) is 18.4. The molecule has 178 valence electrons. The molecule has 3 aromatic rings. The molecule has 4 saturated carbocycles. The number of aliphatic hydroxyl groups is 1. The van der Waals surface area contributed by atoms with E-state index in [1.165, 1.54) is 55.2 Å². The summed E-state index contributed by atoms with van der Waals surface area (Å²) in [5.41, 5.74) is 4.41. The van der Waals surface area contributed by atoms with Crippen molar-refractivity contribution in [3.8, 4) is 16.9 Å². The molecule has 4 aliphatic rings. The minimum absolute atomic E-state index is 0.250. The number of methoxy groups -OCH3 is 1. The zero-order chi connectivity index (χ0) is 23.9. The fourth-order valence-electron chi connectivity index (χ4n) is 7.30. The second-order valence-corrected chi connectivity index (χ2v) is 10.5. The van der Waals surface area contributed by atoms with Crippen molar-refractivity contribution in [2.24, 2.45) is 17.8 Å². The van der Waals surface area contributed by atoms with Gasteiger partial charge in [-0.05, 0) is 121 Å². The molecular weight excluding hydrogens is 424 g/mol. The van der Waals surface area contributed by atoms with E-state index in [0.717, 1.165) is 34.3 Å². The Bertz CT molecular complexity index is 1180. The van der Waals surface area contributed by atoms with Gasteiger partial charge in [-0.3, -0.25) is 0 Å². The molecule has 0 radical (unpaired) electrons. The van der Waals surface area contributed by atoms with E-state index in [9.17, 15) is 9.90 Å². The highest BCUT2D eigenvalue weighted by molar-refractivity contribution is 5.95. The molecule has 7 rings (SSSR count). The fraction of sp³-hybridized carbons (Fsp3) is 0.433. The lowest BCUT2D eigenvalue weighted by molar-refractivity contribution is -0.00613. The van der Waals surface area contributed by atoms with Crippen LogP contribution in [0, 0.1) is 17.8 Å². The third-order valence-electron chi connectivity index (χ3n) is 8.23. The van der Waals surface area contributed by atoms with Crippen LogP contribution in [0.15, 0.2) is 54.6 Å². The lowest BCUT2D eigenvalue weighted by atomic mass is 9.48. The predicted octanol–water partition coefficient (Wildman–Crippen LogP) is 6.68. The zero-order valence-corrected chi connectivity index (χ0v) is 20.1.